The minimum absolute atomic E-state index is 0.00633. The first-order valence-electron chi connectivity index (χ1n) is 11.5. The van der Waals surface area contributed by atoms with E-state index in [1.807, 2.05) is 24.3 Å². The number of amides is 2. The normalized spacial score (nSPS) is 18.9. The summed E-state index contributed by atoms with van der Waals surface area (Å²) in [5.74, 6) is -1.13. The Labute approximate surface area is 193 Å². The van der Waals surface area contributed by atoms with Crippen LogP contribution in [0.3, 0.4) is 0 Å². The average molecular weight is 451 g/mol. The zero-order valence-corrected chi connectivity index (χ0v) is 18.8. The van der Waals surface area contributed by atoms with Crippen molar-refractivity contribution in [3.63, 3.8) is 0 Å². The second-order valence-electron chi connectivity index (χ2n) is 8.91. The molecule has 4 rings (SSSR count). The third-order valence-electron chi connectivity index (χ3n) is 6.87. The van der Waals surface area contributed by atoms with Gasteiger partial charge in [-0.05, 0) is 41.0 Å². The molecule has 0 heterocycles. The average Bonchev–Trinajstić information content (AvgIpc) is 3.42. The lowest BCUT2D eigenvalue weighted by atomic mass is 9.94. The van der Waals surface area contributed by atoms with E-state index in [1.54, 1.807) is 7.05 Å². The van der Waals surface area contributed by atoms with Gasteiger partial charge in [0.1, 0.15) is 6.61 Å². The van der Waals surface area contributed by atoms with Gasteiger partial charge in [-0.15, -0.1) is 0 Å². The molecule has 2 N–H and O–H groups in total. The Morgan fingerprint density at radius 3 is 2.30 bits per heavy atom. The Bertz CT molecular complexity index is 991. The number of nitrogens with one attached hydrogen (secondary N) is 1. The molecule has 7 heteroatoms. The van der Waals surface area contributed by atoms with Crippen molar-refractivity contribution >= 4 is 18.0 Å². The number of carbonyl (C=O) groups is 3. The predicted octanol–water partition coefficient (Wildman–Crippen LogP) is 3.87. The molecule has 0 aliphatic heterocycles. The van der Waals surface area contributed by atoms with Crippen LogP contribution in [0.1, 0.15) is 42.7 Å². The van der Waals surface area contributed by atoms with Crippen LogP contribution in [-0.4, -0.2) is 54.7 Å². The number of ether oxygens (including phenoxy) is 1. The summed E-state index contributed by atoms with van der Waals surface area (Å²) in [4.78, 5) is 37.5. The Balaban J connectivity index is 1.30. The lowest BCUT2D eigenvalue weighted by Crippen LogP contribution is -2.39. The highest BCUT2D eigenvalue weighted by molar-refractivity contribution is 5.80. The van der Waals surface area contributed by atoms with E-state index in [4.69, 9.17) is 9.84 Å². The summed E-state index contributed by atoms with van der Waals surface area (Å²) in [6, 6.07) is 16.4. The Morgan fingerprint density at radius 2 is 1.67 bits per heavy atom. The first-order valence-corrected chi connectivity index (χ1v) is 11.5. The van der Waals surface area contributed by atoms with Gasteiger partial charge in [0, 0.05) is 32.0 Å². The minimum Gasteiger partial charge on any atom is -0.481 e. The molecular formula is C26H30N2O5. The number of benzene rings is 2. The Morgan fingerprint density at radius 1 is 1.03 bits per heavy atom. The maximum Gasteiger partial charge on any atom is 0.407 e. The van der Waals surface area contributed by atoms with Crippen LogP contribution in [0.25, 0.3) is 11.1 Å². The van der Waals surface area contributed by atoms with Crippen molar-refractivity contribution in [1.82, 2.24) is 10.2 Å². The fraction of sp³-hybridized carbons (Fsp3) is 0.423. The molecule has 0 radical (unpaired) electrons. The number of hydrogen-bond donors (Lipinski definition) is 2. The molecule has 33 heavy (non-hydrogen) atoms. The number of rotatable bonds is 8. The summed E-state index contributed by atoms with van der Waals surface area (Å²) in [7, 11) is 1.64. The summed E-state index contributed by atoms with van der Waals surface area (Å²) in [5.41, 5.74) is 4.69. The summed E-state index contributed by atoms with van der Waals surface area (Å²) in [5, 5.41) is 11.7. The number of hydrogen-bond acceptors (Lipinski definition) is 4. The molecule has 174 valence electrons. The minimum atomic E-state index is -0.922. The largest absolute Gasteiger partial charge is 0.481 e. The molecule has 2 aliphatic rings. The fourth-order valence-corrected chi connectivity index (χ4v) is 5.13. The number of carboxylic acids is 1. The van der Waals surface area contributed by atoms with Crippen LogP contribution in [0, 0.1) is 11.8 Å². The molecule has 2 amide bonds. The van der Waals surface area contributed by atoms with Crippen molar-refractivity contribution in [3.05, 3.63) is 59.7 Å². The number of nitrogens with zero attached hydrogens (tertiary/aromatic N) is 1. The predicted molar refractivity (Wildman–Crippen MR) is 124 cm³/mol. The smallest absolute Gasteiger partial charge is 0.407 e. The van der Waals surface area contributed by atoms with Crippen molar-refractivity contribution in [3.8, 4) is 11.1 Å². The van der Waals surface area contributed by atoms with E-state index >= 15 is 0 Å². The van der Waals surface area contributed by atoms with Crippen LogP contribution >= 0.6 is 0 Å². The van der Waals surface area contributed by atoms with Gasteiger partial charge in [-0.2, -0.15) is 0 Å². The van der Waals surface area contributed by atoms with Crippen LogP contribution in [-0.2, 0) is 14.3 Å². The van der Waals surface area contributed by atoms with Crippen LogP contribution in [0.5, 0.6) is 0 Å². The van der Waals surface area contributed by atoms with Crippen molar-refractivity contribution < 1.29 is 24.2 Å². The van der Waals surface area contributed by atoms with E-state index in [0.717, 1.165) is 30.4 Å². The number of fused-ring (bicyclic) bond motifs is 3. The van der Waals surface area contributed by atoms with E-state index < -0.39 is 12.1 Å². The highest BCUT2D eigenvalue weighted by Gasteiger charge is 2.35. The fourth-order valence-electron chi connectivity index (χ4n) is 5.13. The van der Waals surface area contributed by atoms with Gasteiger partial charge in [-0.3, -0.25) is 9.59 Å². The van der Waals surface area contributed by atoms with Crippen molar-refractivity contribution in [2.75, 3.05) is 26.7 Å². The van der Waals surface area contributed by atoms with Crippen molar-refractivity contribution in [2.24, 2.45) is 11.8 Å². The molecule has 2 aliphatic carbocycles. The van der Waals surface area contributed by atoms with Crippen molar-refractivity contribution in [1.29, 1.82) is 0 Å². The SMILES string of the molecule is CN(CCC(=O)O)C(=O)C1CCCC1CNC(=O)OCC1c2ccccc2-c2ccccc21. The molecular weight excluding hydrogens is 420 g/mol. The maximum absolute atomic E-state index is 12.7. The summed E-state index contributed by atoms with van der Waals surface area (Å²) >= 11 is 0. The number of carboxylic acid groups (broad SMARTS) is 1. The maximum atomic E-state index is 12.7. The molecule has 0 aromatic heterocycles. The number of aliphatic carboxylic acids is 1. The first-order chi connectivity index (χ1) is 16.0. The van der Waals surface area contributed by atoms with E-state index in [9.17, 15) is 14.4 Å². The lowest BCUT2D eigenvalue weighted by molar-refractivity contribution is -0.139. The molecule has 1 saturated carbocycles. The van der Waals surface area contributed by atoms with Crippen LogP contribution in [0.15, 0.2) is 48.5 Å². The molecule has 0 saturated heterocycles. The van der Waals surface area contributed by atoms with Gasteiger partial charge >= 0.3 is 12.1 Å². The second kappa shape index (κ2) is 10.1. The molecule has 2 aromatic rings. The van der Waals surface area contributed by atoms with Gasteiger partial charge in [0.25, 0.3) is 0 Å². The third kappa shape index (κ3) is 5.02. The number of alkyl carbamates (subject to hydrolysis) is 1. The van der Waals surface area contributed by atoms with E-state index in [1.165, 1.54) is 16.0 Å². The van der Waals surface area contributed by atoms with Crippen molar-refractivity contribution in [2.45, 2.75) is 31.6 Å². The Kier molecular flexibility index (Phi) is 6.96. The Hall–Kier alpha value is -3.35. The van der Waals surface area contributed by atoms with Crippen LogP contribution in [0.2, 0.25) is 0 Å². The van der Waals surface area contributed by atoms with Gasteiger partial charge in [-0.1, -0.05) is 55.0 Å². The van der Waals surface area contributed by atoms with Crippen LogP contribution in [0.4, 0.5) is 4.79 Å². The van der Waals surface area contributed by atoms with Gasteiger partial charge in [0.05, 0.1) is 6.42 Å². The van der Waals surface area contributed by atoms with Gasteiger partial charge < -0.3 is 20.1 Å². The third-order valence-corrected chi connectivity index (χ3v) is 6.87. The van der Waals surface area contributed by atoms with E-state index in [2.05, 4.69) is 29.6 Å². The zero-order valence-electron chi connectivity index (χ0n) is 18.8. The summed E-state index contributed by atoms with van der Waals surface area (Å²) < 4.78 is 5.60. The highest BCUT2D eigenvalue weighted by Crippen LogP contribution is 2.44. The molecule has 2 aromatic carbocycles. The highest BCUT2D eigenvalue weighted by atomic mass is 16.5. The first kappa shape index (κ1) is 22.8. The topological polar surface area (TPSA) is 95.9 Å². The number of carbonyl (C=O) groups excluding carboxylic acids is 2. The van der Waals surface area contributed by atoms with Gasteiger partial charge in [-0.25, -0.2) is 4.79 Å². The zero-order chi connectivity index (χ0) is 23.4. The molecule has 1 fully saturated rings. The molecule has 2 unspecified atom stereocenters. The monoisotopic (exact) mass is 450 g/mol. The molecule has 7 nitrogen and oxygen atoms in total. The second-order valence-corrected chi connectivity index (χ2v) is 8.91. The standard InChI is InChI=1S/C26H30N2O5/c1-28(14-13-24(29)30)25(31)18-12-6-7-17(18)15-27-26(32)33-16-23-21-10-4-2-8-19(21)20-9-3-5-11-22(20)23/h2-5,8-11,17-18,23H,6-7,12-16H2,1H3,(H,27,32)(H,29,30). The molecule has 2 atom stereocenters. The molecule has 0 bridgehead atoms. The van der Waals surface area contributed by atoms with Crippen LogP contribution < -0.4 is 5.32 Å². The summed E-state index contributed by atoms with van der Waals surface area (Å²) in [6.45, 7) is 0.821. The van der Waals surface area contributed by atoms with E-state index in [-0.39, 0.29) is 43.2 Å². The quantitative estimate of drug-likeness (QED) is 0.636. The lowest BCUT2D eigenvalue weighted by Gasteiger charge is -2.25. The van der Waals surface area contributed by atoms with E-state index in [0.29, 0.717) is 6.54 Å². The van der Waals surface area contributed by atoms with Gasteiger partial charge in [0.15, 0.2) is 0 Å². The molecule has 0 spiro atoms. The summed E-state index contributed by atoms with van der Waals surface area (Å²) in [6.07, 6.45) is 1.98. The van der Waals surface area contributed by atoms with Gasteiger partial charge in [0.2, 0.25) is 5.91 Å².